The maximum atomic E-state index is 12.9. The Kier molecular flexibility index (Phi) is 6.24. The lowest BCUT2D eigenvalue weighted by Crippen LogP contribution is -2.34. The summed E-state index contributed by atoms with van der Waals surface area (Å²) in [6.07, 6.45) is 0.946. The van der Waals surface area contributed by atoms with Crippen LogP contribution in [0.2, 0.25) is 5.02 Å². The fourth-order valence-corrected chi connectivity index (χ4v) is 3.55. The first-order chi connectivity index (χ1) is 13.0. The van der Waals surface area contributed by atoms with Crippen molar-refractivity contribution in [3.8, 4) is 11.5 Å². The topological polar surface area (TPSA) is 64.8 Å². The van der Waals surface area contributed by atoms with Crippen LogP contribution in [0.3, 0.4) is 0 Å². The molecule has 1 aliphatic rings. The van der Waals surface area contributed by atoms with Gasteiger partial charge in [0.05, 0.1) is 7.11 Å². The van der Waals surface area contributed by atoms with Crippen LogP contribution < -0.4 is 15.2 Å². The molecule has 0 aromatic heterocycles. The molecule has 3 rings (SSSR count). The van der Waals surface area contributed by atoms with Gasteiger partial charge in [-0.05, 0) is 61.7 Å². The number of rotatable bonds is 6. The van der Waals surface area contributed by atoms with Crippen LogP contribution in [-0.2, 0) is 6.61 Å². The van der Waals surface area contributed by atoms with Crippen LogP contribution in [-0.4, -0.2) is 37.0 Å². The van der Waals surface area contributed by atoms with Crippen molar-refractivity contribution in [3.63, 3.8) is 0 Å². The molecule has 1 aliphatic heterocycles. The van der Waals surface area contributed by atoms with Gasteiger partial charge in [-0.2, -0.15) is 0 Å². The molecule has 0 spiro atoms. The Labute approximate surface area is 165 Å². The first-order valence-electron chi connectivity index (χ1n) is 9.08. The summed E-state index contributed by atoms with van der Waals surface area (Å²) in [5, 5.41) is 0.687. The molecule has 27 heavy (non-hydrogen) atoms. The number of ether oxygens (including phenoxy) is 2. The van der Waals surface area contributed by atoms with Gasteiger partial charge in [-0.3, -0.25) is 4.79 Å². The minimum Gasteiger partial charge on any atom is -0.493 e. The summed E-state index contributed by atoms with van der Waals surface area (Å²) in [7, 11) is 1.57. The minimum atomic E-state index is 0.000927. The zero-order valence-electron chi connectivity index (χ0n) is 15.7. The molecule has 0 aliphatic carbocycles. The molecule has 2 aromatic rings. The molecule has 1 heterocycles. The molecular formula is C21H25ClN2O3. The van der Waals surface area contributed by atoms with Gasteiger partial charge in [0.25, 0.3) is 5.91 Å². The first kappa shape index (κ1) is 19.5. The lowest BCUT2D eigenvalue weighted by molar-refractivity contribution is 0.0743. The van der Waals surface area contributed by atoms with Crippen molar-refractivity contribution >= 4 is 17.5 Å². The number of nitrogens with two attached hydrogens (primary N) is 1. The summed E-state index contributed by atoms with van der Waals surface area (Å²) in [6, 6.07) is 13.0. The van der Waals surface area contributed by atoms with Crippen molar-refractivity contribution in [2.45, 2.75) is 26.0 Å². The molecule has 5 nitrogen and oxygen atoms in total. The molecule has 2 unspecified atom stereocenters. The summed E-state index contributed by atoms with van der Waals surface area (Å²) in [5.41, 5.74) is 7.36. The van der Waals surface area contributed by atoms with Gasteiger partial charge in [0.1, 0.15) is 6.61 Å². The fraction of sp³-hybridized carbons (Fsp3) is 0.381. The zero-order chi connectivity index (χ0) is 19.4. The van der Waals surface area contributed by atoms with Gasteiger partial charge < -0.3 is 20.1 Å². The monoisotopic (exact) mass is 388 g/mol. The summed E-state index contributed by atoms with van der Waals surface area (Å²) in [4.78, 5) is 14.8. The number of carbonyl (C=O) groups excluding carboxylic acids is 1. The van der Waals surface area contributed by atoms with Crippen LogP contribution in [0.15, 0.2) is 42.5 Å². The van der Waals surface area contributed by atoms with Crippen LogP contribution in [0.4, 0.5) is 0 Å². The highest BCUT2D eigenvalue weighted by Gasteiger charge is 2.32. The number of likely N-dealkylation sites (tertiary alicyclic amines) is 1. The molecule has 0 bridgehead atoms. The van der Waals surface area contributed by atoms with E-state index in [-0.39, 0.29) is 11.9 Å². The summed E-state index contributed by atoms with van der Waals surface area (Å²) < 4.78 is 11.3. The smallest absolute Gasteiger partial charge is 0.254 e. The standard InChI is InChI=1S/C21H25ClN2O3/c1-14-9-16(11-23)12-24(14)21(25)17-5-8-19(20(10-17)26-2)27-13-15-3-6-18(22)7-4-15/h3-8,10,14,16H,9,11-13,23H2,1-2H3. The van der Waals surface area contributed by atoms with Crippen LogP contribution >= 0.6 is 11.6 Å². The number of halogens is 1. The Morgan fingerprint density at radius 1 is 1.22 bits per heavy atom. The van der Waals surface area contributed by atoms with Gasteiger partial charge in [0.15, 0.2) is 11.5 Å². The second-order valence-corrected chi connectivity index (χ2v) is 7.36. The van der Waals surface area contributed by atoms with Gasteiger partial charge in [-0.15, -0.1) is 0 Å². The van der Waals surface area contributed by atoms with E-state index in [1.807, 2.05) is 29.2 Å². The maximum absolute atomic E-state index is 12.9. The summed E-state index contributed by atoms with van der Waals surface area (Å²) in [6.45, 7) is 3.76. The van der Waals surface area contributed by atoms with E-state index in [0.29, 0.717) is 47.7 Å². The first-order valence-corrected chi connectivity index (χ1v) is 9.46. The predicted molar refractivity (Wildman–Crippen MR) is 106 cm³/mol. The Morgan fingerprint density at radius 3 is 2.59 bits per heavy atom. The molecule has 6 heteroatoms. The number of benzene rings is 2. The second-order valence-electron chi connectivity index (χ2n) is 6.92. The molecule has 1 amide bonds. The lowest BCUT2D eigenvalue weighted by Gasteiger charge is -2.22. The summed E-state index contributed by atoms with van der Waals surface area (Å²) >= 11 is 5.90. The van der Waals surface area contributed by atoms with Gasteiger partial charge in [-0.1, -0.05) is 23.7 Å². The summed E-state index contributed by atoms with van der Waals surface area (Å²) in [5.74, 6) is 1.50. The van der Waals surface area contributed by atoms with E-state index in [1.54, 1.807) is 25.3 Å². The minimum absolute atomic E-state index is 0.000927. The third-order valence-corrected chi connectivity index (χ3v) is 5.23. The van der Waals surface area contributed by atoms with Crippen molar-refractivity contribution < 1.29 is 14.3 Å². The average molecular weight is 389 g/mol. The lowest BCUT2D eigenvalue weighted by atomic mass is 10.1. The second kappa shape index (κ2) is 8.63. The highest BCUT2D eigenvalue weighted by Crippen LogP contribution is 2.31. The van der Waals surface area contributed by atoms with Crippen molar-refractivity contribution in [2.75, 3.05) is 20.2 Å². The van der Waals surface area contributed by atoms with E-state index in [2.05, 4.69) is 6.92 Å². The van der Waals surface area contributed by atoms with E-state index >= 15 is 0 Å². The van der Waals surface area contributed by atoms with Gasteiger partial charge >= 0.3 is 0 Å². The van der Waals surface area contributed by atoms with Crippen molar-refractivity contribution in [1.29, 1.82) is 0 Å². The van der Waals surface area contributed by atoms with E-state index in [9.17, 15) is 4.79 Å². The van der Waals surface area contributed by atoms with Crippen molar-refractivity contribution in [1.82, 2.24) is 4.90 Å². The number of carbonyl (C=O) groups is 1. The Hall–Kier alpha value is -2.24. The number of amides is 1. The van der Waals surface area contributed by atoms with E-state index in [1.165, 1.54) is 0 Å². The van der Waals surface area contributed by atoms with E-state index < -0.39 is 0 Å². The molecule has 0 saturated carbocycles. The number of hydrogen-bond acceptors (Lipinski definition) is 4. The highest BCUT2D eigenvalue weighted by atomic mass is 35.5. The van der Waals surface area contributed by atoms with E-state index in [0.717, 1.165) is 12.0 Å². The molecule has 0 radical (unpaired) electrons. The average Bonchev–Trinajstić information content (AvgIpc) is 3.07. The van der Waals surface area contributed by atoms with Crippen LogP contribution in [0.25, 0.3) is 0 Å². The van der Waals surface area contributed by atoms with Crippen LogP contribution in [0, 0.1) is 5.92 Å². The fourth-order valence-electron chi connectivity index (χ4n) is 3.42. The number of hydrogen-bond donors (Lipinski definition) is 1. The molecule has 144 valence electrons. The van der Waals surface area contributed by atoms with Crippen LogP contribution in [0.1, 0.15) is 29.3 Å². The van der Waals surface area contributed by atoms with Gasteiger partial charge in [0, 0.05) is 23.2 Å². The third-order valence-electron chi connectivity index (χ3n) is 4.97. The molecule has 2 N–H and O–H groups in total. The SMILES string of the molecule is COc1cc(C(=O)N2CC(CN)CC2C)ccc1OCc1ccc(Cl)cc1. The number of methoxy groups -OCH3 is 1. The Morgan fingerprint density at radius 2 is 1.96 bits per heavy atom. The highest BCUT2D eigenvalue weighted by molar-refractivity contribution is 6.30. The third kappa shape index (κ3) is 4.54. The number of nitrogens with zero attached hydrogens (tertiary/aromatic N) is 1. The maximum Gasteiger partial charge on any atom is 0.254 e. The van der Waals surface area contributed by atoms with Crippen molar-refractivity contribution in [2.24, 2.45) is 11.7 Å². The van der Waals surface area contributed by atoms with E-state index in [4.69, 9.17) is 26.8 Å². The largest absolute Gasteiger partial charge is 0.493 e. The Bertz CT molecular complexity index is 795. The molecule has 2 aromatic carbocycles. The van der Waals surface area contributed by atoms with Crippen LogP contribution in [0.5, 0.6) is 11.5 Å². The predicted octanol–water partition coefficient (Wildman–Crippen LogP) is 3.74. The molecule has 1 fully saturated rings. The normalized spacial score (nSPS) is 19.2. The van der Waals surface area contributed by atoms with Gasteiger partial charge in [0.2, 0.25) is 0 Å². The molecule has 2 atom stereocenters. The molecular weight excluding hydrogens is 364 g/mol. The molecule has 1 saturated heterocycles. The van der Waals surface area contributed by atoms with Gasteiger partial charge in [-0.25, -0.2) is 0 Å². The quantitative estimate of drug-likeness (QED) is 0.818. The van der Waals surface area contributed by atoms with Crippen molar-refractivity contribution in [3.05, 3.63) is 58.6 Å². The zero-order valence-corrected chi connectivity index (χ0v) is 16.4. The Balaban J connectivity index is 1.72.